The average Bonchev–Trinajstić information content (AvgIpc) is 2.96. The number of aromatic nitrogens is 2. The lowest BCUT2D eigenvalue weighted by Crippen LogP contribution is -2.31. The second-order valence-corrected chi connectivity index (χ2v) is 10.1. The Balaban J connectivity index is 1.72. The van der Waals surface area contributed by atoms with Gasteiger partial charge in [-0.15, -0.1) is 11.3 Å². The first-order chi connectivity index (χ1) is 12.9. The van der Waals surface area contributed by atoms with Crippen molar-refractivity contribution in [2.45, 2.75) is 37.1 Å². The number of likely N-dealkylation sites (tertiary alicyclic amines) is 1. The molecule has 0 radical (unpaired) electrons. The number of thioether (sulfide) groups is 1. The summed E-state index contributed by atoms with van der Waals surface area (Å²) in [5, 5.41) is 2.68. The molecule has 0 atom stereocenters. The second kappa shape index (κ2) is 7.59. The molecule has 3 heterocycles. The summed E-state index contributed by atoms with van der Waals surface area (Å²) in [4.78, 5) is 25.0. The van der Waals surface area contributed by atoms with Gasteiger partial charge >= 0.3 is 0 Å². The third-order valence-electron chi connectivity index (χ3n) is 5.11. The van der Waals surface area contributed by atoms with Crippen LogP contribution in [-0.2, 0) is 0 Å². The molecule has 1 aliphatic heterocycles. The maximum atomic E-state index is 12.9. The molecular weight excluding hydrogens is 398 g/mol. The van der Waals surface area contributed by atoms with Gasteiger partial charge in [0.15, 0.2) is 5.16 Å². The lowest BCUT2D eigenvalue weighted by Gasteiger charge is -2.27. The molecule has 0 saturated carbocycles. The maximum absolute atomic E-state index is 12.9. The van der Waals surface area contributed by atoms with Crippen molar-refractivity contribution < 1.29 is 0 Å². The van der Waals surface area contributed by atoms with E-state index in [2.05, 4.69) is 23.9 Å². The Morgan fingerprint density at radius 1 is 1.30 bits per heavy atom. The summed E-state index contributed by atoms with van der Waals surface area (Å²) in [7, 11) is 2.15. The largest absolute Gasteiger partial charge is 0.306 e. The third kappa shape index (κ3) is 3.81. The number of hydrogen-bond acceptors (Lipinski definition) is 5. The van der Waals surface area contributed by atoms with Gasteiger partial charge in [-0.2, -0.15) is 0 Å². The van der Waals surface area contributed by atoms with Crippen molar-refractivity contribution in [3.8, 4) is 11.1 Å². The molecule has 27 heavy (non-hydrogen) atoms. The number of hydrogen-bond donors (Lipinski definition) is 1. The number of benzene rings is 1. The lowest BCUT2D eigenvalue weighted by atomic mass is 10.0. The van der Waals surface area contributed by atoms with Crippen LogP contribution in [0.4, 0.5) is 0 Å². The molecular formula is C20H22ClN3OS2. The third-order valence-corrected chi connectivity index (χ3v) is 7.75. The molecule has 1 N–H and O–H groups in total. The first-order valence-electron chi connectivity index (χ1n) is 9.07. The van der Waals surface area contributed by atoms with E-state index in [1.807, 2.05) is 25.1 Å². The first kappa shape index (κ1) is 19.0. The van der Waals surface area contributed by atoms with Crippen LogP contribution >= 0.6 is 34.7 Å². The van der Waals surface area contributed by atoms with Gasteiger partial charge in [-0.1, -0.05) is 29.4 Å². The van der Waals surface area contributed by atoms with Crippen molar-refractivity contribution in [3.05, 3.63) is 44.0 Å². The van der Waals surface area contributed by atoms with Crippen LogP contribution in [0.2, 0.25) is 5.02 Å². The fourth-order valence-electron chi connectivity index (χ4n) is 3.56. The van der Waals surface area contributed by atoms with Crippen LogP contribution in [0.1, 0.15) is 23.3 Å². The summed E-state index contributed by atoms with van der Waals surface area (Å²) < 4.78 is 0. The Labute approximate surface area is 172 Å². The van der Waals surface area contributed by atoms with E-state index in [-0.39, 0.29) is 5.56 Å². The molecule has 2 aromatic heterocycles. The highest BCUT2D eigenvalue weighted by molar-refractivity contribution is 7.99. The molecule has 1 aromatic carbocycles. The number of H-pyrrole nitrogens is 1. The zero-order valence-electron chi connectivity index (χ0n) is 15.6. The van der Waals surface area contributed by atoms with E-state index in [0.717, 1.165) is 62.5 Å². The number of halogens is 1. The summed E-state index contributed by atoms with van der Waals surface area (Å²) in [5.41, 5.74) is 2.94. The Kier molecular flexibility index (Phi) is 5.34. The van der Waals surface area contributed by atoms with E-state index in [4.69, 9.17) is 16.6 Å². The topological polar surface area (TPSA) is 49.0 Å². The van der Waals surface area contributed by atoms with Gasteiger partial charge in [0.05, 0.1) is 5.39 Å². The smallest absolute Gasteiger partial charge is 0.260 e. The van der Waals surface area contributed by atoms with Gasteiger partial charge in [0.1, 0.15) is 4.83 Å². The van der Waals surface area contributed by atoms with Gasteiger partial charge in [0.25, 0.3) is 5.56 Å². The number of fused-ring (bicyclic) bond motifs is 1. The monoisotopic (exact) mass is 419 g/mol. The van der Waals surface area contributed by atoms with Crippen LogP contribution in [-0.4, -0.2) is 40.3 Å². The molecule has 1 fully saturated rings. The molecule has 0 unspecified atom stereocenters. The molecule has 3 aromatic rings. The number of aromatic amines is 1. The van der Waals surface area contributed by atoms with E-state index in [1.165, 1.54) is 0 Å². The fraction of sp³-hybridized carbons (Fsp3) is 0.400. The predicted molar refractivity (Wildman–Crippen MR) is 117 cm³/mol. The molecule has 142 valence electrons. The van der Waals surface area contributed by atoms with Crippen LogP contribution in [0.3, 0.4) is 0 Å². The van der Waals surface area contributed by atoms with Crippen molar-refractivity contribution in [1.82, 2.24) is 14.9 Å². The van der Waals surface area contributed by atoms with Crippen LogP contribution in [0, 0.1) is 13.8 Å². The van der Waals surface area contributed by atoms with E-state index >= 15 is 0 Å². The fourth-order valence-corrected chi connectivity index (χ4v) is 5.84. The Hall–Kier alpha value is -1.34. The molecule has 7 heteroatoms. The number of rotatable bonds is 3. The number of nitrogens with zero attached hydrogens (tertiary/aromatic N) is 2. The van der Waals surface area contributed by atoms with Gasteiger partial charge in [0, 0.05) is 20.7 Å². The molecule has 4 nitrogen and oxygen atoms in total. The molecule has 1 aliphatic rings. The summed E-state index contributed by atoms with van der Waals surface area (Å²) in [6.07, 6.45) is 2.25. The van der Waals surface area contributed by atoms with Gasteiger partial charge in [-0.25, -0.2) is 4.98 Å². The number of piperidine rings is 1. The van der Waals surface area contributed by atoms with Crippen molar-refractivity contribution in [2.75, 3.05) is 20.1 Å². The predicted octanol–water partition coefficient (Wildman–Crippen LogP) is 5.11. The van der Waals surface area contributed by atoms with Gasteiger partial charge < -0.3 is 9.88 Å². The van der Waals surface area contributed by atoms with Crippen LogP contribution in [0.5, 0.6) is 0 Å². The maximum Gasteiger partial charge on any atom is 0.260 e. The molecule has 0 spiro atoms. The highest BCUT2D eigenvalue weighted by atomic mass is 35.5. The van der Waals surface area contributed by atoms with Crippen LogP contribution in [0.15, 0.2) is 28.2 Å². The molecule has 0 amide bonds. The summed E-state index contributed by atoms with van der Waals surface area (Å²) >= 11 is 9.47. The minimum Gasteiger partial charge on any atom is -0.306 e. The highest BCUT2D eigenvalue weighted by Crippen LogP contribution is 2.38. The van der Waals surface area contributed by atoms with E-state index in [9.17, 15) is 4.79 Å². The Morgan fingerprint density at radius 3 is 2.74 bits per heavy atom. The van der Waals surface area contributed by atoms with Crippen molar-refractivity contribution in [3.63, 3.8) is 0 Å². The van der Waals surface area contributed by atoms with Gasteiger partial charge in [0.2, 0.25) is 0 Å². The zero-order chi connectivity index (χ0) is 19.1. The Morgan fingerprint density at radius 2 is 2.04 bits per heavy atom. The van der Waals surface area contributed by atoms with Crippen molar-refractivity contribution in [2.24, 2.45) is 0 Å². The minimum absolute atomic E-state index is 0.0534. The van der Waals surface area contributed by atoms with E-state index < -0.39 is 0 Å². The van der Waals surface area contributed by atoms with Crippen LogP contribution in [0.25, 0.3) is 21.3 Å². The SMILES string of the molecule is Cc1cc(-c2c(C)sc3nc(SC4CCN(C)CC4)[nH]c(=O)c23)ccc1Cl. The quantitative estimate of drug-likeness (QED) is 0.599. The summed E-state index contributed by atoms with van der Waals surface area (Å²) in [6.45, 7) is 6.23. The molecule has 4 rings (SSSR count). The van der Waals surface area contributed by atoms with E-state index in [0.29, 0.717) is 10.6 Å². The zero-order valence-corrected chi connectivity index (χ0v) is 18.0. The number of thiophene rings is 1. The van der Waals surface area contributed by atoms with Crippen molar-refractivity contribution in [1.29, 1.82) is 0 Å². The first-order valence-corrected chi connectivity index (χ1v) is 11.1. The lowest BCUT2D eigenvalue weighted by molar-refractivity contribution is 0.282. The molecule has 0 bridgehead atoms. The molecule has 1 saturated heterocycles. The Bertz CT molecular complexity index is 1050. The van der Waals surface area contributed by atoms with E-state index in [1.54, 1.807) is 23.1 Å². The standard InChI is InChI=1S/C20H22ClN3OS2/c1-11-10-13(4-5-15(11)21)16-12(2)26-19-17(16)18(25)22-20(23-19)27-14-6-8-24(3)9-7-14/h4-5,10,14H,6-9H2,1-3H3,(H,22,23,25). The van der Waals surface area contributed by atoms with Gasteiger partial charge in [-0.3, -0.25) is 4.79 Å². The second-order valence-electron chi connectivity index (χ2n) is 7.17. The summed E-state index contributed by atoms with van der Waals surface area (Å²) in [6, 6.07) is 5.91. The number of aryl methyl sites for hydroxylation is 2. The average molecular weight is 420 g/mol. The summed E-state index contributed by atoms with van der Waals surface area (Å²) in [5.74, 6) is 0. The highest BCUT2D eigenvalue weighted by Gasteiger charge is 2.21. The molecule has 0 aliphatic carbocycles. The van der Waals surface area contributed by atoms with Crippen molar-refractivity contribution >= 4 is 44.9 Å². The van der Waals surface area contributed by atoms with Crippen LogP contribution < -0.4 is 5.56 Å². The normalized spacial score (nSPS) is 16.3. The van der Waals surface area contributed by atoms with Gasteiger partial charge in [-0.05, 0) is 70.1 Å². The number of nitrogens with one attached hydrogen (secondary N) is 1. The minimum atomic E-state index is -0.0534.